The highest BCUT2D eigenvalue weighted by Gasteiger charge is 2.22. The van der Waals surface area contributed by atoms with Crippen molar-refractivity contribution in [2.75, 3.05) is 11.5 Å². The number of rotatable bonds is 5. The zero-order chi connectivity index (χ0) is 10.6. The first-order valence-corrected chi connectivity index (χ1v) is 5.75. The molecule has 1 atom stereocenters. The fourth-order valence-electron chi connectivity index (χ4n) is 0.921. The van der Waals surface area contributed by atoms with Crippen LogP contribution in [0.25, 0.3) is 0 Å². The molecule has 3 N–H and O–H groups in total. The van der Waals surface area contributed by atoms with E-state index in [1.165, 1.54) is 0 Å². The number of aliphatic carboxylic acids is 1. The van der Waals surface area contributed by atoms with Gasteiger partial charge >= 0.3 is 5.97 Å². The Morgan fingerprint density at radius 3 is 2.15 bits per heavy atom. The number of carbonyl (C=O) groups is 1. The van der Waals surface area contributed by atoms with Crippen LogP contribution in [0.2, 0.25) is 0 Å². The molecule has 78 valence electrons. The van der Waals surface area contributed by atoms with Crippen molar-refractivity contribution in [3.8, 4) is 0 Å². The molecule has 6 heteroatoms. The molecular weight excluding hydrogens is 194 g/mol. The number of hydrogen-bond donors (Lipinski definition) is 2. The predicted molar refractivity (Wildman–Crippen MR) is 49.1 cm³/mol. The molecule has 0 aromatic carbocycles. The maximum absolute atomic E-state index is 11.2. The van der Waals surface area contributed by atoms with E-state index in [2.05, 4.69) is 0 Å². The van der Waals surface area contributed by atoms with Gasteiger partial charge in [-0.05, 0) is 5.92 Å². The molecule has 0 amide bonds. The van der Waals surface area contributed by atoms with E-state index in [4.69, 9.17) is 10.8 Å². The lowest BCUT2D eigenvalue weighted by Gasteiger charge is -2.09. The van der Waals surface area contributed by atoms with Gasteiger partial charge in [-0.3, -0.25) is 4.79 Å². The summed E-state index contributed by atoms with van der Waals surface area (Å²) in [6.45, 7) is 3.51. The Hall–Kier alpha value is -0.620. The number of hydrogen-bond acceptors (Lipinski definition) is 4. The summed E-state index contributed by atoms with van der Waals surface area (Å²) in [5.74, 6) is -1.80. The number of sulfone groups is 1. The second-order valence-corrected chi connectivity index (χ2v) is 5.57. The Balaban J connectivity index is 4.27. The lowest BCUT2D eigenvalue weighted by Crippen LogP contribution is -2.38. The van der Waals surface area contributed by atoms with E-state index in [9.17, 15) is 13.2 Å². The maximum Gasteiger partial charge on any atom is 0.321 e. The molecule has 0 fully saturated rings. The molecule has 0 saturated heterocycles. The number of carboxylic acid groups (broad SMARTS) is 1. The normalized spacial score (nSPS) is 14.5. The summed E-state index contributed by atoms with van der Waals surface area (Å²) < 4.78 is 22.4. The molecule has 0 aliphatic rings. The van der Waals surface area contributed by atoms with Gasteiger partial charge in [-0.15, -0.1) is 0 Å². The molecule has 0 aromatic rings. The van der Waals surface area contributed by atoms with Crippen LogP contribution in [0.3, 0.4) is 0 Å². The fourth-order valence-corrected chi connectivity index (χ4v) is 2.76. The molecule has 0 bridgehead atoms. The number of carboxylic acids is 1. The van der Waals surface area contributed by atoms with Crippen LogP contribution in [0, 0.1) is 5.92 Å². The highest BCUT2D eigenvalue weighted by Crippen LogP contribution is 2.01. The molecule has 0 rings (SSSR count). The smallest absolute Gasteiger partial charge is 0.321 e. The van der Waals surface area contributed by atoms with Gasteiger partial charge in [0.15, 0.2) is 9.84 Å². The standard InChI is InChI=1S/C7H15NO4S/c1-5(2)3-13(11,12)4-6(8)7(9)10/h5-6H,3-4,8H2,1-2H3,(H,9,10). The lowest BCUT2D eigenvalue weighted by molar-refractivity contribution is -0.137. The summed E-state index contributed by atoms with van der Waals surface area (Å²) >= 11 is 0. The van der Waals surface area contributed by atoms with Gasteiger partial charge in [0.1, 0.15) is 6.04 Å². The molecule has 0 radical (unpaired) electrons. The molecule has 1 unspecified atom stereocenters. The van der Waals surface area contributed by atoms with Gasteiger partial charge < -0.3 is 10.8 Å². The molecule has 0 aromatic heterocycles. The first-order chi connectivity index (χ1) is 5.74. The van der Waals surface area contributed by atoms with Crippen molar-refractivity contribution in [1.29, 1.82) is 0 Å². The highest BCUT2D eigenvalue weighted by atomic mass is 32.2. The van der Waals surface area contributed by atoms with E-state index in [1.807, 2.05) is 0 Å². The van der Waals surface area contributed by atoms with Crippen LogP contribution in [0.15, 0.2) is 0 Å². The Labute approximate surface area is 77.8 Å². The van der Waals surface area contributed by atoms with Gasteiger partial charge in [-0.25, -0.2) is 8.42 Å². The quantitative estimate of drug-likeness (QED) is 0.634. The second-order valence-electron chi connectivity index (χ2n) is 3.42. The molecule has 0 heterocycles. The van der Waals surface area contributed by atoms with Gasteiger partial charge in [0.2, 0.25) is 0 Å². The molecular formula is C7H15NO4S. The van der Waals surface area contributed by atoms with Crippen LogP contribution < -0.4 is 5.73 Å². The third-order valence-corrected chi connectivity index (χ3v) is 3.38. The van der Waals surface area contributed by atoms with E-state index >= 15 is 0 Å². The van der Waals surface area contributed by atoms with Crippen molar-refractivity contribution in [3.05, 3.63) is 0 Å². The third kappa shape index (κ3) is 5.59. The summed E-state index contributed by atoms with van der Waals surface area (Å²) in [5.41, 5.74) is 5.10. The zero-order valence-corrected chi connectivity index (χ0v) is 8.54. The van der Waals surface area contributed by atoms with Crippen molar-refractivity contribution in [2.45, 2.75) is 19.9 Å². The van der Waals surface area contributed by atoms with Gasteiger partial charge in [0.25, 0.3) is 0 Å². The summed E-state index contributed by atoms with van der Waals surface area (Å²) in [6, 6.07) is -1.32. The topological polar surface area (TPSA) is 97.5 Å². The highest BCUT2D eigenvalue weighted by molar-refractivity contribution is 7.91. The lowest BCUT2D eigenvalue weighted by atomic mass is 10.3. The average Bonchev–Trinajstić information content (AvgIpc) is 1.81. The van der Waals surface area contributed by atoms with E-state index in [1.54, 1.807) is 13.8 Å². The molecule has 0 spiro atoms. The maximum atomic E-state index is 11.2. The zero-order valence-electron chi connectivity index (χ0n) is 7.73. The SMILES string of the molecule is CC(C)CS(=O)(=O)CC(N)C(=O)O. The molecule has 13 heavy (non-hydrogen) atoms. The third-order valence-electron chi connectivity index (χ3n) is 1.34. The van der Waals surface area contributed by atoms with E-state index in [0.717, 1.165) is 0 Å². The first-order valence-electron chi connectivity index (χ1n) is 3.93. The van der Waals surface area contributed by atoms with Gasteiger partial charge in [-0.1, -0.05) is 13.8 Å². The Morgan fingerprint density at radius 1 is 1.38 bits per heavy atom. The van der Waals surface area contributed by atoms with Crippen molar-refractivity contribution in [2.24, 2.45) is 11.7 Å². The van der Waals surface area contributed by atoms with Crippen molar-refractivity contribution >= 4 is 15.8 Å². The van der Waals surface area contributed by atoms with Crippen LogP contribution in [-0.2, 0) is 14.6 Å². The summed E-state index contributed by atoms with van der Waals surface area (Å²) in [6.07, 6.45) is 0. The average molecular weight is 209 g/mol. The minimum absolute atomic E-state index is 0.00834. The summed E-state index contributed by atoms with van der Waals surface area (Å²) in [5, 5.41) is 8.39. The van der Waals surface area contributed by atoms with Crippen LogP contribution >= 0.6 is 0 Å². The van der Waals surface area contributed by atoms with Gasteiger partial charge in [0, 0.05) is 0 Å². The molecule has 0 aliphatic carbocycles. The first kappa shape index (κ1) is 12.4. The fraction of sp³-hybridized carbons (Fsp3) is 0.857. The van der Waals surface area contributed by atoms with E-state index in [-0.39, 0.29) is 11.7 Å². The van der Waals surface area contributed by atoms with Gasteiger partial charge in [0.05, 0.1) is 11.5 Å². The van der Waals surface area contributed by atoms with Crippen LogP contribution in [-0.4, -0.2) is 37.0 Å². The molecule has 0 saturated carbocycles. The summed E-state index contributed by atoms with van der Waals surface area (Å²) in [7, 11) is -3.33. The van der Waals surface area contributed by atoms with Crippen LogP contribution in [0.4, 0.5) is 0 Å². The monoisotopic (exact) mass is 209 g/mol. The van der Waals surface area contributed by atoms with Crippen molar-refractivity contribution in [1.82, 2.24) is 0 Å². The Bertz CT molecular complexity index is 270. The Morgan fingerprint density at radius 2 is 1.85 bits per heavy atom. The molecule has 0 aliphatic heterocycles. The summed E-state index contributed by atoms with van der Waals surface area (Å²) in [4.78, 5) is 10.3. The van der Waals surface area contributed by atoms with Crippen LogP contribution in [0.1, 0.15) is 13.8 Å². The Kier molecular flexibility index (Phi) is 4.35. The molecule has 5 nitrogen and oxygen atoms in total. The van der Waals surface area contributed by atoms with Crippen LogP contribution in [0.5, 0.6) is 0 Å². The van der Waals surface area contributed by atoms with Crippen molar-refractivity contribution in [3.63, 3.8) is 0 Å². The van der Waals surface area contributed by atoms with Crippen molar-refractivity contribution < 1.29 is 18.3 Å². The second kappa shape index (κ2) is 4.57. The minimum Gasteiger partial charge on any atom is -0.480 e. The number of nitrogens with two attached hydrogens (primary N) is 1. The van der Waals surface area contributed by atoms with Gasteiger partial charge in [-0.2, -0.15) is 0 Å². The largest absolute Gasteiger partial charge is 0.480 e. The van der Waals surface area contributed by atoms with E-state index < -0.39 is 27.6 Å². The minimum atomic E-state index is -3.33. The van der Waals surface area contributed by atoms with E-state index in [0.29, 0.717) is 0 Å². The predicted octanol–water partition coefficient (Wildman–Crippen LogP) is -0.531.